The lowest BCUT2D eigenvalue weighted by atomic mass is 10.1. The molecule has 0 saturated carbocycles. The van der Waals surface area contributed by atoms with Crippen LogP contribution >= 0.6 is 11.8 Å². The van der Waals surface area contributed by atoms with Crippen LogP contribution in [-0.4, -0.2) is 23.8 Å². The second kappa shape index (κ2) is 8.62. The van der Waals surface area contributed by atoms with Crippen LogP contribution in [0.15, 0.2) is 41.7 Å². The lowest BCUT2D eigenvalue weighted by molar-refractivity contribution is 0.625. The first-order valence-corrected chi connectivity index (χ1v) is 8.83. The monoisotopic (exact) mass is 334 g/mol. The van der Waals surface area contributed by atoms with Crippen molar-refractivity contribution in [1.82, 2.24) is 15.2 Å². The van der Waals surface area contributed by atoms with Crippen LogP contribution in [0.1, 0.15) is 16.7 Å². The van der Waals surface area contributed by atoms with Gasteiger partial charge in [-0.05, 0) is 41.1 Å². The van der Waals surface area contributed by atoms with E-state index in [1.807, 2.05) is 30.1 Å². The molecule has 4 nitrogen and oxygen atoms in total. The summed E-state index contributed by atoms with van der Waals surface area (Å²) in [6.45, 7) is 1.33. The van der Waals surface area contributed by atoms with E-state index in [2.05, 4.69) is 27.9 Å². The lowest BCUT2D eigenvalue weighted by Gasteiger charge is -2.14. The molecule has 0 fully saturated rings. The molecule has 0 unspecified atom stereocenters. The third kappa shape index (κ3) is 5.32. The molecule has 1 aromatic carbocycles. The van der Waals surface area contributed by atoms with Gasteiger partial charge < -0.3 is 15.2 Å². The highest BCUT2D eigenvalue weighted by Crippen LogP contribution is 2.16. The van der Waals surface area contributed by atoms with Gasteiger partial charge in [0.2, 0.25) is 0 Å². The predicted octanol–water partition coefficient (Wildman–Crippen LogP) is 2.89. The van der Waals surface area contributed by atoms with Crippen LogP contribution in [0, 0.1) is 5.82 Å². The summed E-state index contributed by atoms with van der Waals surface area (Å²) in [6.07, 6.45) is 6.10. The zero-order valence-corrected chi connectivity index (χ0v) is 14.6. The van der Waals surface area contributed by atoms with Crippen molar-refractivity contribution < 1.29 is 4.39 Å². The smallest absolute Gasteiger partial charge is 0.191 e. The van der Waals surface area contributed by atoms with Gasteiger partial charge in [-0.15, -0.1) is 0 Å². The fourth-order valence-electron chi connectivity index (χ4n) is 2.31. The molecular formula is C17H23FN4S. The minimum atomic E-state index is -0.190. The molecule has 0 radical (unpaired) electrons. The third-order valence-electron chi connectivity index (χ3n) is 3.49. The summed E-state index contributed by atoms with van der Waals surface area (Å²) in [7, 11) is 3.74. The SMILES string of the molecule is CN=C(NCc1ccn(C)c1)NCc1ccc(F)cc1CSC. The molecule has 0 aliphatic carbocycles. The zero-order chi connectivity index (χ0) is 16.7. The molecule has 1 aromatic heterocycles. The summed E-state index contributed by atoms with van der Waals surface area (Å²) in [5, 5.41) is 6.56. The Morgan fingerprint density at radius 2 is 2.00 bits per heavy atom. The number of benzene rings is 1. The van der Waals surface area contributed by atoms with Gasteiger partial charge >= 0.3 is 0 Å². The molecule has 2 rings (SSSR count). The number of thioether (sulfide) groups is 1. The van der Waals surface area contributed by atoms with Crippen LogP contribution in [0.3, 0.4) is 0 Å². The van der Waals surface area contributed by atoms with Gasteiger partial charge in [-0.3, -0.25) is 4.99 Å². The fraction of sp³-hybridized carbons (Fsp3) is 0.353. The third-order valence-corrected chi connectivity index (χ3v) is 4.09. The van der Waals surface area contributed by atoms with Crippen molar-refractivity contribution in [3.05, 3.63) is 59.2 Å². The molecule has 2 N–H and O–H groups in total. The number of aryl methyl sites for hydroxylation is 1. The van der Waals surface area contributed by atoms with Gasteiger partial charge in [0, 0.05) is 45.3 Å². The Hall–Kier alpha value is -1.95. The van der Waals surface area contributed by atoms with Crippen molar-refractivity contribution in [3.63, 3.8) is 0 Å². The molecule has 0 aliphatic rings. The zero-order valence-electron chi connectivity index (χ0n) is 13.8. The van der Waals surface area contributed by atoms with Gasteiger partial charge in [0.15, 0.2) is 5.96 Å². The number of nitrogens with zero attached hydrogens (tertiary/aromatic N) is 2. The van der Waals surface area contributed by atoms with E-state index in [4.69, 9.17) is 0 Å². The maximum Gasteiger partial charge on any atom is 0.191 e. The number of nitrogens with one attached hydrogen (secondary N) is 2. The Bertz CT molecular complexity index is 666. The van der Waals surface area contributed by atoms with Gasteiger partial charge in [0.05, 0.1) is 0 Å². The molecule has 0 bridgehead atoms. The molecule has 23 heavy (non-hydrogen) atoms. The van der Waals surface area contributed by atoms with Crippen LogP contribution in [0.4, 0.5) is 4.39 Å². The Morgan fingerprint density at radius 1 is 1.22 bits per heavy atom. The van der Waals surface area contributed by atoms with E-state index in [-0.39, 0.29) is 5.82 Å². The second-order valence-corrected chi connectivity index (χ2v) is 6.18. The van der Waals surface area contributed by atoms with E-state index in [0.29, 0.717) is 13.1 Å². The van der Waals surface area contributed by atoms with Gasteiger partial charge in [0.1, 0.15) is 5.82 Å². The van der Waals surface area contributed by atoms with Gasteiger partial charge in [-0.1, -0.05) is 6.07 Å². The van der Waals surface area contributed by atoms with E-state index < -0.39 is 0 Å². The van der Waals surface area contributed by atoms with Crippen LogP contribution < -0.4 is 10.6 Å². The van der Waals surface area contributed by atoms with Crippen molar-refractivity contribution in [2.45, 2.75) is 18.8 Å². The molecule has 0 aliphatic heterocycles. The average molecular weight is 334 g/mol. The Morgan fingerprint density at radius 3 is 2.65 bits per heavy atom. The number of guanidine groups is 1. The van der Waals surface area contributed by atoms with E-state index >= 15 is 0 Å². The van der Waals surface area contributed by atoms with Gasteiger partial charge in [-0.25, -0.2) is 4.39 Å². The van der Waals surface area contributed by atoms with Crippen molar-refractivity contribution in [2.75, 3.05) is 13.3 Å². The van der Waals surface area contributed by atoms with Crippen molar-refractivity contribution in [3.8, 4) is 0 Å². The maximum absolute atomic E-state index is 13.4. The van der Waals surface area contributed by atoms with Crippen molar-refractivity contribution in [1.29, 1.82) is 0 Å². The van der Waals surface area contributed by atoms with E-state index in [9.17, 15) is 4.39 Å². The Balaban J connectivity index is 1.92. The highest BCUT2D eigenvalue weighted by atomic mass is 32.2. The standard InChI is InChI=1S/C17H23FN4S/c1-19-17(20-9-13-6-7-22(2)11-13)21-10-14-4-5-16(18)8-15(14)12-23-3/h4-8,11H,9-10,12H2,1-3H3,(H2,19,20,21). The first kappa shape index (κ1) is 17.4. The molecule has 124 valence electrons. The summed E-state index contributed by atoms with van der Waals surface area (Å²) in [5.74, 6) is 1.34. The minimum Gasteiger partial charge on any atom is -0.357 e. The minimum absolute atomic E-state index is 0.190. The lowest BCUT2D eigenvalue weighted by Crippen LogP contribution is -2.36. The second-order valence-electron chi connectivity index (χ2n) is 5.31. The predicted molar refractivity (Wildman–Crippen MR) is 96.1 cm³/mol. The largest absolute Gasteiger partial charge is 0.357 e. The first-order chi connectivity index (χ1) is 11.1. The fourth-order valence-corrected chi connectivity index (χ4v) is 2.89. The first-order valence-electron chi connectivity index (χ1n) is 7.44. The maximum atomic E-state index is 13.4. The Kier molecular flexibility index (Phi) is 6.52. The summed E-state index contributed by atoms with van der Waals surface area (Å²) < 4.78 is 15.4. The normalized spacial score (nSPS) is 11.6. The summed E-state index contributed by atoms with van der Waals surface area (Å²) in [6, 6.07) is 7.00. The van der Waals surface area contributed by atoms with Crippen molar-refractivity contribution >= 4 is 17.7 Å². The topological polar surface area (TPSA) is 41.4 Å². The highest BCUT2D eigenvalue weighted by Gasteiger charge is 2.05. The number of aromatic nitrogens is 1. The molecule has 0 spiro atoms. The summed E-state index contributed by atoms with van der Waals surface area (Å²) >= 11 is 1.68. The molecule has 6 heteroatoms. The van der Waals surface area contributed by atoms with Crippen molar-refractivity contribution in [2.24, 2.45) is 12.0 Å². The molecule has 0 amide bonds. The van der Waals surface area contributed by atoms with Gasteiger partial charge in [0.25, 0.3) is 0 Å². The van der Waals surface area contributed by atoms with Crippen LogP contribution in [-0.2, 0) is 25.9 Å². The summed E-state index contributed by atoms with van der Waals surface area (Å²) in [4.78, 5) is 4.23. The van der Waals surface area contributed by atoms with Gasteiger partial charge in [-0.2, -0.15) is 11.8 Å². The summed E-state index contributed by atoms with van der Waals surface area (Å²) in [5.41, 5.74) is 3.30. The molecule has 2 aromatic rings. The quantitative estimate of drug-likeness (QED) is 0.630. The average Bonchev–Trinajstić information content (AvgIpc) is 2.95. The molecule has 1 heterocycles. The van der Waals surface area contributed by atoms with E-state index in [1.54, 1.807) is 24.9 Å². The number of halogens is 1. The molecular weight excluding hydrogens is 311 g/mol. The molecule has 0 saturated heterocycles. The highest BCUT2D eigenvalue weighted by molar-refractivity contribution is 7.97. The number of hydrogen-bond acceptors (Lipinski definition) is 2. The number of hydrogen-bond donors (Lipinski definition) is 2. The van der Waals surface area contributed by atoms with E-state index in [1.165, 1.54) is 11.6 Å². The number of rotatable bonds is 6. The number of aliphatic imine (C=N–C) groups is 1. The Labute approximate surface area is 141 Å². The van der Waals surface area contributed by atoms with E-state index in [0.717, 1.165) is 22.8 Å². The van der Waals surface area contributed by atoms with Crippen LogP contribution in [0.25, 0.3) is 0 Å². The molecule has 0 atom stereocenters. The van der Waals surface area contributed by atoms with Crippen LogP contribution in [0.5, 0.6) is 0 Å². The van der Waals surface area contributed by atoms with Crippen LogP contribution in [0.2, 0.25) is 0 Å².